The smallest absolute Gasteiger partial charge is 0.134 e. The van der Waals surface area contributed by atoms with Crippen LogP contribution >= 0.6 is 11.8 Å². The Bertz CT molecular complexity index is 397. The quantitative estimate of drug-likeness (QED) is 0.877. The molecule has 0 spiro atoms. The van der Waals surface area contributed by atoms with Crippen LogP contribution in [0.5, 0.6) is 0 Å². The molecule has 2 unspecified atom stereocenters. The third-order valence-corrected chi connectivity index (χ3v) is 4.72. The van der Waals surface area contributed by atoms with Crippen LogP contribution in [0.2, 0.25) is 0 Å². The van der Waals surface area contributed by atoms with E-state index in [4.69, 9.17) is 0 Å². The highest BCUT2D eigenvalue weighted by molar-refractivity contribution is 7.99. The molecule has 0 radical (unpaired) electrons. The molecule has 2 rings (SSSR count). The zero-order chi connectivity index (χ0) is 13.0. The van der Waals surface area contributed by atoms with Crippen LogP contribution in [0, 0.1) is 6.92 Å². The Kier molecular flexibility index (Phi) is 4.69. The van der Waals surface area contributed by atoms with Crippen LogP contribution in [0.15, 0.2) is 6.33 Å². The first-order chi connectivity index (χ1) is 8.74. The lowest BCUT2D eigenvalue weighted by Crippen LogP contribution is -2.29. The van der Waals surface area contributed by atoms with Gasteiger partial charge in [-0.25, -0.2) is 9.97 Å². The van der Waals surface area contributed by atoms with Crippen LogP contribution in [0.3, 0.4) is 0 Å². The summed E-state index contributed by atoms with van der Waals surface area (Å²) < 4.78 is 0. The molecule has 2 N–H and O–H groups in total. The lowest BCUT2D eigenvalue weighted by Gasteiger charge is -2.29. The molecule has 1 fully saturated rings. The van der Waals surface area contributed by atoms with Crippen molar-refractivity contribution in [3.05, 3.63) is 11.9 Å². The number of anilines is 2. The molecule has 0 saturated heterocycles. The zero-order valence-corrected chi connectivity index (χ0v) is 12.2. The molecule has 0 bridgehead atoms. The molecule has 1 aliphatic rings. The number of rotatable bonds is 4. The van der Waals surface area contributed by atoms with Crippen molar-refractivity contribution in [1.82, 2.24) is 9.97 Å². The van der Waals surface area contributed by atoms with Crippen LogP contribution in [0.25, 0.3) is 0 Å². The number of hydrogen-bond donors (Lipinski definition) is 2. The summed E-state index contributed by atoms with van der Waals surface area (Å²) in [5, 5.41) is 7.47. The van der Waals surface area contributed by atoms with E-state index in [2.05, 4.69) is 33.8 Å². The Morgan fingerprint density at radius 1 is 1.28 bits per heavy atom. The third kappa shape index (κ3) is 3.07. The van der Waals surface area contributed by atoms with Crippen molar-refractivity contribution in [3.63, 3.8) is 0 Å². The van der Waals surface area contributed by atoms with Gasteiger partial charge in [0.05, 0.1) is 0 Å². The maximum absolute atomic E-state index is 4.36. The van der Waals surface area contributed by atoms with E-state index in [0.29, 0.717) is 6.04 Å². The lowest BCUT2D eigenvalue weighted by molar-refractivity contribution is 0.472. The van der Waals surface area contributed by atoms with Crippen LogP contribution in [-0.2, 0) is 0 Å². The molecule has 0 amide bonds. The van der Waals surface area contributed by atoms with E-state index in [0.717, 1.165) is 22.4 Å². The highest BCUT2D eigenvalue weighted by Crippen LogP contribution is 2.29. The van der Waals surface area contributed by atoms with E-state index in [1.165, 1.54) is 25.7 Å². The lowest BCUT2D eigenvalue weighted by atomic mass is 9.95. The first-order valence-corrected chi connectivity index (χ1v) is 7.82. The normalized spacial score (nSPS) is 23.7. The van der Waals surface area contributed by atoms with Crippen molar-refractivity contribution in [3.8, 4) is 0 Å². The number of nitrogens with zero attached hydrogens (tertiary/aromatic N) is 2. The van der Waals surface area contributed by atoms with E-state index < -0.39 is 0 Å². The summed E-state index contributed by atoms with van der Waals surface area (Å²) in [5.41, 5.74) is 1.10. The predicted octanol–water partition coefficient (Wildman–Crippen LogP) is 2.91. The number of nitrogens with one attached hydrogen (secondary N) is 2. The molecule has 18 heavy (non-hydrogen) atoms. The molecule has 4 nitrogen and oxygen atoms in total. The van der Waals surface area contributed by atoms with Gasteiger partial charge in [0.25, 0.3) is 0 Å². The van der Waals surface area contributed by atoms with Crippen LogP contribution in [0.1, 0.15) is 31.2 Å². The minimum atomic E-state index is 0.550. The van der Waals surface area contributed by atoms with Gasteiger partial charge in [-0.1, -0.05) is 6.42 Å². The Morgan fingerprint density at radius 2 is 2.06 bits per heavy atom. The molecule has 2 atom stereocenters. The maximum atomic E-state index is 4.36. The van der Waals surface area contributed by atoms with Gasteiger partial charge in [0.15, 0.2) is 0 Å². The standard InChI is InChI=1S/C13H22N4S/c1-9-12(14-2)15-8-16-13(9)17-10-5-4-6-11(7-10)18-3/h8,10-11H,4-7H2,1-3H3,(H2,14,15,16,17). The fourth-order valence-electron chi connectivity index (χ4n) is 2.53. The SMILES string of the molecule is CNc1ncnc(NC2CCCC(SC)C2)c1C. The molecular formula is C13H22N4S. The molecular weight excluding hydrogens is 244 g/mol. The van der Waals surface area contributed by atoms with Gasteiger partial charge < -0.3 is 10.6 Å². The van der Waals surface area contributed by atoms with E-state index >= 15 is 0 Å². The maximum Gasteiger partial charge on any atom is 0.134 e. The van der Waals surface area contributed by atoms with Gasteiger partial charge in [-0.15, -0.1) is 0 Å². The summed E-state index contributed by atoms with van der Waals surface area (Å²) in [6.45, 7) is 2.06. The topological polar surface area (TPSA) is 49.8 Å². The molecule has 1 aromatic rings. The molecule has 0 aliphatic heterocycles. The molecule has 1 heterocycles. The van der Waals surface area contributed by atoms with Gasteiger partial charge in [0.2, 0.25) is 0 Å². The summed E-state index contributed by atoms with van der Waals surface area (Å²) >= 11 is 1.99. The highest BCUT2D eigenvalue weighted by Gasteiger charge is 2.22. The number of thioether (sulfide) groups is 1. The molecule has 100 valence electrons. The molecule has 1 aromatic heterocycles. The van der Waals surface area contributed by atoms with Crippen molar-refractivity contribution in [2.45, 2.75) is 43.9 Å². The first kappa shape index (κ1) is 13.5. The van der Waals surface area contributed by atoms with Crippen LogP contribution in [0.4, 0.5) is 11.6 Å². The summed E-state index contributed by atoms with van der Waals surface area (Å²) in [6.07, 6.45) is 8.98. The zero-order valence-electron chi connectivity index (χ0n) is 11.4. The third-order valence-electron chi connectivity index (χ3n) is 3.62. The Balaban J connectivity index is 2.04. The predicted molar refractivity (Wildman–Crippen MR) is 79.5 cm³/mol. The second kappa shape index (κ2) is 6.27. The average Bonchev–Trinajstić information content (AvgIpc) is 2.41. The van der Waals surface area contributed by atoms with E-state index in [9.17, 15) is 0 Å². The summed E-state index contributed by atoms with van der Waals surface area (Å²) in [4.78, 5) is 8.58. The van der Waals surface area contributed by atoms with Crippen LogP contribution in [-0.4, -0.2) is 34.6 Å². The second-order valence-corrected chi connectivity index (χ2v) is 5.95. The van der Waals surface area contributed by atoms with E-state index in [1.54, 1.807) is 6.33 Å². The van der Waals surface area contributed by atoms with Gasteiger partial charge in [0.1, 0.15) is 18.0 Å². The number of hydrogen-bond acceptors (Lipinski definition) is 5. The highest BCUT2D eigenvalue weighted by atomic mass is 32.2. The monoisotopic (exact) mass is 266 g/mol. The minimum Gasteiger partial charge on any atom is -0.373 e. The first-order valence-electron chi connectivity index (χ1n) is 6.53. The molecule has 1 aliphatic carbocycles. The largest absolute Gasteiger partial charge is 0.373 e. The fourth-order valence-corrected chi connectivity index (χ4v) is 3.36. The average molecular weight is 266 g/mol. The van der Waals surface area contributed by atoms with Crippen LogP contribution < -0.4 is 10.6 Å². The van der Waals surface area contributed by atoms with Crippen molar-refractivity contribution < 1.29 is 0 Å². The number of aromatic nitrogens is 2. The van der Waals surface area contributed by atoms with E-state index in [1.807, 2.05) is 18.8 Å². The molecule has 0 aromatic carbocycles. The Labute approximate surface area is 113 Å². The van der Waals surface area contributed by atoms with Gasteiger partial charge >= 0.3 is 0 Å². The van der Waals surface area contributed by atoms with Gasteiger partial charge in [-0.2, -0.15) is 11.8 Å². The van der Waals surface area contributed by atoms with Crippen molar-refractivity contribution >= 4 is 23.4 Å². The van der Waals surface area contributed by atoms with Crippen molar-refractivity contribution in [2.75, 3.05) is 23.9 Å². The molecule has 5 heteroatoms. The van der Waals surface area contributed by atoms with Gasteiger partial charge in [-0.05, 0) is 32.4 Å². The summed E-state index contributed by atoms with van der Waals surface area (Å²) in [5.74, 6) is 1.88. The Morgan fingerprint density at radius 3 is 2.78 bits per heavy atom. The van der Waals surface area contributed by atoms with E-state index in [-0.39, 0.29) is 0 Å². The van der Waals surface area contributed by atoms with Crippen molar-refractivity contribution in [2.24, 2.45) is 0 Å². The minimum absolute atomic E-state index is 0.550. The summed E-state index contributed by atoms with van der Waals surface area (Å²) in [6, 6.07) is 0.550. The molecule has 1 saturated carbocycles. The van der Waals surface area contributed by atoms with Gasteiger partial charge in [0, 0.05) is 23.9 Å². The van der Waals surface area contributed by atoms with Gasteiger partial charge in [-0.3, -0.25) is 0 Å². The summed E-state index contributed by atoms with van der Waals surface area (Å²) in [7, 11) is 1.89. The second-order valence-electron chi connectivity index (χ2n) is 4.81. The van der Waals surface area contributed by atoms with Crippen molar-refractivity contribution in [1.29, 1.82) is 0 Å². The Hall–Kier alpha value is -0.970. The fraction of sp³-hybridized carbons (Fsp3) is 0.692.